The number of aliphatic hydroxyl groups excluding tert-OH is 1. The molecule has 1 aliphatic heterocycles. The Bertz CT molecular complexity index is 345. The van der Waals surface area contributed by atoms with Gasteiger partial charge in [-0.05, 0) is 31.5 Å². The second-order valence-electron chi connectivity index (χ2n) is 4.97. The van der Waals surface area contributed by atoms with Crippen molar-refractivity contribution in [2.45, 2.75) is 38.8 Å². The van der Waals surface area contributed by atoms with Gasteiger partial charge in [-0.15, -0.1) is 0 Å². The van der Waals surface area contributed by atoms with E-state index in [9.17, 15) is 0 Å². The molecule has 1 aromatic rings. The molecule has 0 radical (unpaired) electrons. The molecule has 102 valence electrons. The Morgan fingerprint density at radius 1 is 1.44 bits per heavy atom. The number of nitrogens with one attached hydrogen (secondary N) is 1. The van der Waals surface area contributed by atoms with Crippen molar-refractivity contribution in [1.29, 1.82) is 0 Å². The molecule has 0 bridgehead atoms. The molecule has 2 N–H and O–H groups in total. The van der Waals surface area contributed by atoms with Gasteiger partial charge in [0.1, 0.15) is 11.5 Å². The monoisotopic (exact) mass is 252 g/mol. The summed E-state index contributed by atoms with van der Waals surface area (Å²) in [7, 11) is 0. The molecule has 18 heavy (non-hydrogen) atoms. The molecule has 1 atom stereocenters. The van der Waals surface area contributed by atoms with Crippen molar-refractivity contribution < 1.29 is 9.52 Å². The highest BCUT2D eigenvalue weighted by molar-refractivity contribution is 5.07. The molecule has 1 fully saturated rings. The minimum Gasteiger partial charge on any atom is -0.465 e. The first-order valence-corrected chi connectivity index (χ1v) is 6.96. The van der Waals surface area contributed by atoms with Crippen LogP contribution in [0.15, 0.2) is 16.5 Å². The van der Waals surface area contributed by atoms with Crippen LogP contribution in [0.4, 0.5) is 0 Å². The molecule has 2 rings (SSSR count). The zero-order valence-corrected chi connectivity index (χ0v) is 11.2. The fourth-order valence-corrected chi connectivity index (χ4v) is 2.52. The first-order valence-electron chi connectivity index (χ1n) is 6.96. The zero-order chi connectivity index (χ0) is 12.8. The van der Waals surface area contributed by atoms with Gasteiger partial charge in [0.05, 0.1) is 13.2 Å². The molecule has 1 saturated heterocycles. The van der Waals surface area contributed by atoms with Crippen LogP contribution in [0.1, 0.15) is 31.3 Å². The van der Waals surface area contributed by atoms with Crippen molar-refractivity contribution in [2.75, 3.05) is 26.2 Å². The Hall–Kier alpha value is -0.840. The van der Waals surface area contributed by atoms with Crippen LogP contribution >= 0.6 is 0 Å². The van der Waals surface area contributed by atoms with E-state index in [0.717, 1.165) is 37.6 Å². The largest absolute Gasteiger partial charge is 0.465 e. The molecular formula is C14H24N2O2. The van der Waals surface area contributed by atoms with Crippen LogP contribution in [0, 0.1) is 0 Å². The van der Waals surface area contributed by atoms with E-state index < -0.39 is 0 Å². The van der Waals surface area contributed by atoms with Crippen LogP contribution in [0.25, 0.3) is 0 Å². The van der Waals surface area contributed by atoms with Gasteiger partial charge < -0.3 is 14.8 Å². The summed E-state index contributed by atoms with van der Waals surface area (Å²) in [6, 6.07) is 4.66. The van der Waals surface area contributed by atoms with Crippen molar-refractivity contribution in [3.05, 3.63) is 23.7 Å². The maximum Gasteiger partial charge on any atom is 0.118 e. The molecule has 1 aromatic heterocycles. The molecule has 2 heterocycles. The third-order valence-electron chi connectivity index (χ3n) is 3.50. The van der Waals surface area contributed by atoms with Crippen molar-refractivity contribution in [1.82, 2.24) is 10.2 Å². The number of furan rings is 1. The Morgan fingerprint density at radius 3 is 2.89 bits per heavy atom. The van der Waals surface area contributed by atoms with Gasteiger partial charge in [0.25, 0.3) is 0 Å². The second-order valence-corrected chi connectivity index (χ2v) is 4.97. The second kappa shape index (κ2) is 6.92. The van der Waals surface area contributed by atoms with Crippen LogP contribution < -0.4 is 5.32 Å². The van der Waals surface area contributed by atoms with Crippen molar-refractivity contribution in [3.63, 3.8) is 0 Å². The third-order valence-corrected chi connectivity index (χ3v) is 3.50. The third kappa shape index (κ3) is 3.83. The standard InChI is InChI=1S/C14H24N2O2/c1-2-13-5-6-14(18-13)11-16(8-9-17)10-12-4-3-7-15-12/h5-6,12,15,17H,2-4,7-11H2,1H3. The molecule has 4 nitrogen and oxygen atoms in total. The van der Waals surface area contributed by atoms with E-state index in [-0.39, 0.29) is 6.61 Å². The number of aliphatic hydroxyl groups is 1. The topological polar surface area (TPSA) is 48.6 Å². The van der Waals surface area contributed by atoms with Gasteiger partial charge >= 0.3 is 0 Å². The predicted molar refractivity (Wildman–Crippen MR) is 71.5 cm³/mol. The first-order chi connectivity index (χ1) is 8.81. The lowest BCUT2D eigenvalue weighted by molar-refractivity contribution is 0.169. The fraction of sp³-hybridized carbons (Fsp3) is 0.714. The molecule has 0 amide bonds. The average molecular weight is 252 g/mol. The van der Waals surface area contributed by atoms with E-state index in [0.29, 0.717) is 12.6 Å². The molecule has 0 aliphatic carbocycles. The van der Waals surface area contributed by atoms with Crippen LogP contribution in [0.5, 0.6) is 0 Å². The average Bonchev–Trinajstić information content (AvgIpc) is 3.00. The summed E-state index contributed by atoms with van der Waals surface area (Å²) in [6.45, 7) is 5.91. The zero-order valence-electron chi connectivity index (χ0n) is 11.2. The van der Waals surface area contributed by atoms with Gasteiger partial charge in [0.2, 0.25) is 0 Å². The lowest BCUT2D eigenvalue weighted by Gasteiger charge is -2.23. The highest BCUT2D eigenvalue weighted by atomic mass is 16.3. The number of aryl methyl sites for hydroxylation is 1. The summed E-state index contributed by atoms with van der Waals surface area (Å²) in [5.74, 6) is 2.03. The number of hydrogen-bond donors (Lipinski definition) is 2. The maximum absolute atomic E-state index is 9.15. The molecule has 0 saturated carbocycles. The number of rotatable bonds is 7. The van der Waals surface area contributed by atoms with Gasteiger partial charge in [0, 0.05) is 25.6 Å². The normalized spacial score (nSPS) is 19.8. The van der Waals surface area contributed by atoms with E-state index in [1.54, 1.807) is 0 Å². The summed E-state index contributed by atoms with van der Waals surface area (Å²) in [5.41, 5.74) is 0. The quantitative estimate of drug-likeness (QED) is 0.770. The number of nitrogens with zero attached hydrogens (tertiary/aromatic N) is 1. The molecular weight excluding hydrogens is 228 g/mol. The molecule has 4 heteroatoms. The van der Waals surface area contributed by atoms with E-state index in [1.807, 2.05) is 12.1 Å². The van der Waals surface area contributed by atoms with E-state index >= 15 is 0 Å². The number of hydrogen-bond acceptors (Lipinski definition) is 4. The Balaban J connectivity index is 1.87. The van der Waals surface area contributed by atoms with Gasteiger partial charge in [-0.1, -0.05) is 6.92 Å². The minimum atomic E-state index is 0.202. The Labute approximate surface area is 109 Å². The summed E-state index contributed by atoms with van der Waals surface area (Å²) in [6.07, 6.45) is 3.43. The van der Waals surface area contributed by atoms with E-state index in [4.69, 9.17) is 9.52 Å². The van der Waals surface area contributed by atoms with Crippen molar-refractivity contribution in [2.24, 2.45) is 0 Å². The van der Waals surface area contributed by atoms with Crippen molar-refractivity contribution >= 4 is 0 Å². The van der Waals surface area contributed by atoms with Gasteiger partial charge in [-0.3, -0.25) is 4.90 Å². The highest BCUT2D eigenvalue weighted by Crippen LogP contribution is 2.13. The summed E-state index contributed by atoms with van der Waals surface area (Å²) in [5, 5.41) is 12.6. The highest BCUT2D eigenvalue weighted by Gasteiger charge is 2.18. The molecule has 1 unspecified atom stereocenters. The summed E-state index contributed by atoms with van der Waals surface area (Å²) >= 11 is 0. The van der Waals surface area contributed by atoms with Crippen molar-refractivity contribution in [3.8, 4) is 0 Å². The van der Waals surface area contributed by atoms with Crippen LogP contribution in [0.2, 0.25) is 0 Å². The molecule has 0 spiro atoms. The van der Waals surface area contributed by atoms with Gasteiger partial charge in [-0.2, -0.15) is 0 Å². The van der Waals surface area contributed by atoms with Crippen LogP contribution in [-0.4, -0.2) is 42.3 Å². The lowest BCUT2D eigenvalue weighted by atomic mass is 10.2. The molecule has 1 aliphatic rings. The van der Waals surface area contributed by atoms with Crippen LogP contribution in [-0.2, 0) is 13.0 Å². The lowest BCUT2D eigenvalue weighted by Crippen LogP contribution is -2.38. The van der Waals surface area contributed by atoms with Gasteiger partial charge in [0.15, 0.2) is 0 Å². The summed E-state index contributed by atoms with van der Waals surface area (Å²) < 4.78 is 5.73. The minimum absolute atomic E-state index is 0.202. The summed E-state index contributed by atoms with van der Waals surface area (Å²) in [4.78, 5) is 2.27. The Kier molecular flexibility index (Phi) is 5.23. The maximum atomic E-state index is 9.15. The fourth-order valence-electron chi connectivity index (χ4n) is 2.52. The smallest absolute Gasteiger partial charge is 0.118 e. The van der Waals surface area contributed by atoms with Gasteiger partial charge in [-0.25, -0.2) is 0 Å². The molecule has 0 aromatic carbocycles. The first kappa shape index (κ1) is 13.6. The Morgan fingerprint density at radius 2 is 2.28 bits per heavy atom. The van der Waals surface area contributed by atoms with E-state index in [2.05, 4.69) is 17.1 Å². The van der Waals surface area contributed by atoms with Crippen LogP contribution in [0.3, 0.4) is 0 Å². The van der Waals surface area contributed by atoms with E-state index in [1.165, 1.54) is 12.8 Å². The predicted octanol–water partition coefficient (Wildman–Crippen LogP) is 1.39. The SMILES string of the molecule is CCc1ccc(CN(CCO)CC2CCCN2)o1.